The number of aryl methyl sites for hydroxylation is 2. The Bertz CT molecular complexity index is 744. The molecular weight excluding hydrogens is 328 g/mol. The highest BCUT2D eigenvalue weighted by Crippen LogP contribution is 2.28. The van der Waals surface area contributed by atoms with Crippen LogP contribution in [0.2, 0.25) is 0 Å². The van der Waals surface area contributed by atoms with Crippen molar-refractivity contribution in [3.05, 3.63) is 70.4 Å². The second-order valence-corrected chi connectivity index (χ2v) is 6.69. The van der Waals surface area contributed by atoms with E-state index in [0.717, 1.165) is 35.1 Å². The van der Waals surface area contributed by atoms with Crippen molar-refractivity contribution in [3.63, 3.8) is 0 Å². The van der Waals surface area contributed by atoms with E-state index >= 15 is 0 Å². The van der Waals surface area contributed by atoms with Gasteiger partial charge in [-0.1, -0.05) is 13.3 Å². The molecule has 0 aliphatic heterocycles. The maximum atomic E-state index is 10.4. The summed E-state index contributed by atoms with van der Waals surface area (Å²) in [7, 11) is 0. The number of hydrogen-bond donors (Lipinski definition) is 3. The number of hydrogen-bond acceptors (Lipinski definition) is 4. The fourth-order valence-corrected chi connectivity index (χ4v) is 2.98. The summed E-state index contributed by atoms with van der Waals surface area (Å²) in [6, 6.07) is 7.13. The standard InChI is InChI=1S/C22H28O4/c1-4-7-17(14-20(24)21-10-6-11-26-21)8-5-9-19(23)18-12-15(2)22(25)16(3)13-18/h5-6,10-13,19-20,23-25H,4,7,9,14H2,1-3H3/t8?,19-,20-/m1/s1. The van der Waals surface area contributed by atoms with Crippen molar-refractivity contribution in [2.24, 2.45) is 0 Å². The number of phenolic OH excluding ortho intramolecular Hbond substituents is 1. The predicted molar refractivity (Wildman–Crippen MR) is 102 cm³/mol. The molecule has 3 N–H and O–H groups in total. The first-order valence-electron chi connectivity index (χ1n) is 9.04. The lowest BCUT2D eigenvalue weighted by Crippen LogP contribution is -1.98. The van der Waals surface area contributed by atoms with E-state index in [1.165, 1.54) is 0 Å². The van der Waals surface area contributed by atoms with Crippen molar-refractivity contribution in [2.75, 3.05) is 0 Å². The van der Waals surface area contributed by atoms with Gasteiger partial charge < -0.3 is 19.7 Å². The normalized spacial score (nSPS) is 13.1. The smallest absolute Gasteiger partial charge is 0.132 e. The van der Waals surface area contributed by atoms with E-state index in [-0.39, 0.29) is 5.75 Å². The van der Waals surface area contributed by atoms with Crippen LogP contribution in [0.4, 0.5) is 0 Å². The molecule has 2 atom stereocenters. The minimum Gasteiger partial charge on any atom is -0.507 e. The summed E-state index contributed by atoms with van der Waals surface area (Å²) >= 11 is 0. The van der Waals surface area contributed by atoms with Gasteiger partial charge in [0, 0.05) is 12.8 Å². The highest BCUT2D eigenvalue weighted by Gasteiger charge is 2.13. The van der Waals surface area contributed by atoms with E-state index in [4.69, 9.17) is 4.42 Å². The Morgan fingerprint density at radius 2 is 1.88 bits per heavy atom. The summed E-state index contributed by atoms with van der Waals surface area (Å²) in [6.45, 7) is 5.73. The van der Waals surface area contributed by atoms with Crippen LogP contribution in [0.3, 0.4) is 0 Å². The zero-order valence-electron chi connectivity index (χ0n) is 15.7. The van der Waals surface area contributed by atoms with E-state index in [0.29, 0.717) is 18.6 Å². The van der Waals surface area contributed by atoms with Crippen LogP contribution in [0.1, 0.15) is 67.3 Å². The minimum atomic E-state index is -0.681. The zero-order valence-corrected chi connectivity index (χ0v) is 15.7. The van der Waals surface area contributed by atoms with Gasteiger partial charge in [0.2, 0.25) is 0 Å². The lowest BCUT2D eigenvalue weighted by molar-refractivity contribution is 0.149. The molecule has 0 spiro atoms. The molecule has 0 unspecified atom stereocenters. The topological polar surface area (TPSA) is 73.8 Å². The van der Waals surface area contributed by atoms with Gasteiger partial charge in [0.15, 0.2) is 0 Å². The van der Waals surface area contributed by atoms with Crippen LogP contribution in [0.15, 0.2) is 52.3 Å². The minimum absolute atomic E-state index is 0.272. The van der Waals surface area contributed by atoms with Crippen molar-refractivity contribution in [1.29, 1.82) is 0 Å². The molecule has 140 valence electrons. The summed E-state index contributed by atoms with van der Waals surface area (Å²) in [4.78, 5) is 0. The number of phenols is 1. The Hall–Kier alpha value is -2.26. The maximum Gasteiger partial charge on any atom is 0.132 e. The Balaban J connectivity index is 2.08. The van der Waals surface area contributed by atoms with Crippen molar-refractivity contribution in [2.45, 2.75) is 58.7 Å². The third-order valence-corrected chi connectivity index (χ3v) is 4.41. The first-order chi connectivity index (χ1) is 12.4. The largest absolute Gasteiger partial charge is 0.507 e. The van der Waals surface area contributed by atoms with Gasteiger partial charge in [-0.2, -0.15) is 0 Å². The Morgan fingerprint density at radius 3 is 2.46 bits per heavy atom. The van der Waals surface area contributed by atoms with E-state index < -0.39 is 12.2 Å². The molecule has 1 aromatic carbocycles. The maximum absolute atomic E-state index is 10.4. The SMILES string of the molecule is CCCC(=C=CC[C@@H](O)c1cc(C)c(O)c(C)c1)C[C@@H](O)c1ccco1. The molecule has 0 aliphatic rings. The summed E-state index contributed by atoms with van der Waals surface area (Å²) in [5.74, 6) is 0.823. The molecule has 0 radical (unpaired) electrons. The summed E-state index contributed by atoms with van der Waals surface area (Å²) in [5.41, 5.74) is 6.53. The molecule has 1 heterocycles. The highest BCUT2D eigenvalue weighted by molar-refractivity contribution is 5.42. The molecule has 0 bridgehead atoms. The number of benzene rings is 1. The molecule has 0 aliphatic carbocycles. The van der Waals surface area contributed by atoms with Gasteiger partial charge in [-0.15, -0.1) is 5.73 Å². The third kappa shape index (κ3) is 5.37. The molecule has 0 amide bonds. The Labute approximate surface area is 155 Å². The number of rotatable bonds is 8. The molecule has 4 heteroatoms. The van der Waals surface area contributed by atoms with E-state index in [9.17, 15) is 15.3 Å². The Kier molecular flexibility index (Phi) is 7.28. The second kappa shape index (κ2) is 9.44. The Morgan fingerprint density at radius 1 is 1.19 bits per heavy atom. The van der Waals surface area contributed by atoms with Crippen LogP contribution in [0.5, 0.6) is 5.75 Å². The average molecular weight is 356 g/mol. The van der Waals surface area contributed by atoms with Crippen molar-refractivity contribution in [3.8, 4) is 5.75 Å². The molecular formula is C22H28O4. The molecule has 1 aromatic heterocycles. The molecule has 0 saturated heterocycles. The van der Waals surface area contributed by atoms with Crippen molar-refractivity contribution < 1.29 is 19.7 Å². The molecule has 26 heavy (non-hydrogen) atoms. The molecule has 2 rings (SSSR count). The van der Waals surface area contributed by atoms with E-state index in [2.05, 4.69) is 12.7 Å². The first-order valence-corrected chi connectivity index (χ1v) is 9.04. The van der Waals surface area contributed by atoms with Crippen LogP contribution in [0.25, 0.3) is 0 Å². The van der Waals surface area contributed by atoms with Gasteiger partial charge in [-0.3, -0.25) is 0 Å². The number of aliphatic hydroxyl groups excluding tert-OH is 2. The lowest BCUT2D eigenvalue weighted by atomic mass is 9.99. The molecule has 2 aromatic rings. The quantitative estimate of drug-likeness (QED) is 0.580. The van der Waals surface area contributed by atoms with E-state index in [1.54, 1.807) is 30.5 Å². The molecule has 4 nitrogen and oxygen atoms in total. The predicted octanol–water partition coefficient (Wildman–Crippen LogP) is 5.03. The van der Waals surface area contributed by atoms with Crippen LogP contribution in [-0.2, 0) is 0 Å². The van der Waals surface area contributed by atoms with Gasteiger partial charge in [0.05, 0.1) is 12.4 Å². The summed E-state index contributed by atoms with van der Waals surface area (Å²) < 4.78 is 5.25. The second-order valence-electron chi connectivity index (χ2n) is 6.69. The summed E-state index contributed by atoms with van der Waals surface area (Å²) in [5, 5.41) is 30.5. The molecule has 0 fully saturated rings. The van der Waals surface area contributed by atoms with Gasteiger partial charge in [0.25, 0.3) is 0 Å². The van der Waals surface area contributed by atoms with Gasteiger partial charge in [-0.25, -0.2) is 0 Å². The van der Waals surface area contributed by atoms with Gasteiger partial charge in [-0.05, 0) is 72.9 Å². The molecule has 0 saturated carbocycles. The first kappa shape index (κ1) is 20.1. The van der Waals surface area contributed by atoms with E-state index in [1.807, 2.05) is 19.9 Å². The lowest BCUT2D eigenvalue weighted by Gasteiger charge is -2.12. The number of aromatic hydroxyl groups is 1. The van der Waals surface area contributed by atoms with Crippen LogP contribution < -0.4 is 0 Å². The van der Waals surface area contributed by atoms with Crippen LogP contribution >= 0.6 is 0 Å². The number of aliphatic hydroxyl groups is 2. The highest BCUT2D eigenvalue weighted by atomic mass is 16.4. The number of furan rings is 1. The monoisotopic (exact) mass is 356 g/mol. The van der Waals surface area contributed by atoms with Gasteiger partial charge >= 0.3 is 0 Å². The van der Waals surface area contributed by atoms with Crippen molar-refractivity contribution >= 4 is 0 Å². The van der Waals surface area contributed by atoms with Gasteiger partial charge in [0.1, 0.15) is 17.6 Å². The van der Waals surface area contributed by atoms with Crippen LogP contribution in [-0.4, -0.2) is 15.3 Å². The summed E-state index contributed by atoms with van der Waals surface area (Å²) in [6.07, 6.45) is 4.72. The zero-order chi connectivity index (χ0) is 19.1. The van der Waals surface area contributed by atoms with Crippen LogP contribution in [0, 0.1) is 13.8 Å². The average Bonchev–Trinajstić information content (AvgIpc) is 3.14. The van der Waals surface area contributed by atoms with Crippen molar-refractivity contribution in [1.82, 2.24) is 0 Å². The fraction of sp³-hybridized carbons (Fsp3) is 0.409. The fourth-order valence-electron chi connectivity index (χ4n) is 2.98. The third-order valence-electron chi connectivity index (χ3n) is 4.41.